The molecule has 0 aliphatic carbocycles. The lowest BCUT2D eigenvalue weighted by Crippen LogP contribution is -2.45. The number of amides is 1. The third-order valence-corrected chi connectivity index (χ3v) is 5.01. The van der Waals surface area contributed by atoms with E-state index in [9.17, 15) is 9.90 Å². The van der Waals surface area contributed by atoms with Crippen LogP contribution in [0.25, 0.3) is 0 Å². The monoisotopic (exact) mass is 288 g/mol. The number of fused-ring (bicyclic) bond motifs is 1. The summed E-state index contributed by atoms with van der Waals surface area (Å²) < 4.78 is 0. The summed E-state index contributed by atoms with van der Waals surface area (Å²) >= 11 is 0. The molecule has 1 aromatic carbocycles. The fourth-order valence-corrected chi connectivity index (χ4v) is 3.56. The number of hydrogen-bond donors (Lipinski definition) is 1. The van der Waals surface area contributed by atoms with Crippen LogP contribution in [0.15, 0.2) is 24.3 Å². The summed E-state index contributed by atoms with van der Waals surface area (Å²) in [6, 6.07) is 8.51. The van der Waals surface area contributed by atoms with Gasteiger partial charge in [0.15, 0.2) is 0 Å². The number of aliphatic hydroxyl groups excluding tert-OH is 1. The third kappa shape index (κ3) is 2.97. The van der Waals surface area contributed by atoms with Crippen LogP contribution in [-0.4, -0.2) is 53.1 Å². The first-order valence-corrected chi connectivity index (χ1v) is 7.88. The van der Waals surface area contributed by atoms with Gasteiger partial charge in [-0.15, -0.1) is 0 Å². The summed E-state index contributed by atoms with van der Waals surface area (Å²) in [7, 11) is 0. The molecule has 0 saturated carbocycles. The number of carbonyl (C=O) groups is 1. The molecule has 0 aromatic heterocycles. The lowest BCUT2D eigenvalue weighted by Gasteiger charge is -2.32. The molecule has 2 heterocycles. The van der Waals surface area contributed by atoms with Gasteiger partial charge in [-0.1, -0.05) is 31.2 Å². The third-order valence-electron chi connectivity index (χ3n) is 5.01. The average Bonchev–Trinajstić information content (AvgIpc) is 2.86. The number of nitrogens with zero attached hydrogens (tertiary/aromatic N) is 2. The highest BCUT2D eigenvalue weighted by Gasteiger charge is 2.33. The van der Waals surface area contributed by atoms with Crippen molar-refractivity contribution in [3.63, 3.8) is 0 Å². The zero-order chi connectivity index (χ0) is 14.8. The molecule has 4 heteroatoms. The molecule has 114 valence electrons. The second-order valence-electron chi connectivity index (χ2n) is 6.32. The zero-order valence-electron chi connectivity index (χ0n) is 12.7. The van der Waals surface area contributed by atoms with Gasteiger partial charge in [-0.25, -0.2) is 0 Å². The summed E-state index contributed by atoms with van der Waals surface area (Å²) in [5.74, 6) is 0.668. The predicted octanol–water partition coefficient (Wildman–Crippen LogP) is 1.27. The first kappa shape index (κ1) is 14.5. The molecule has 3 rings (SSSR count). The van der Waals surface area contributed by atoms with E-state index < -0.39 is 0 Å². The van der Waals surface area contributed by atoms with Gasteiger partial charge in [-0.2, -0.15) is 0 Å². The van der Waals surface area contributed by atoms with E-state index in [4.69, 9.17) is 0 Å². The maximum atomic E-state index is 12.5. The highest BCUT2D eigenvalue weighted by Crippen LogP contribution is 2.24. The van der Waals surface area contributed by atoms with Crippen LogP contribution in [0.1, 0.15) is 24.5 Å². The number of benzene rings is 1. The van der Waals surface area contributed by atoms with Crippen LogP contribution in [-0.2, 0) is 17.8 Å². The van der Waals surface area contributed by atoms with Crippen molar-refractivity contribution in [2.75, 3.05) is 26.2 Å². The molecule has 1 aromatic rings. The largest absolute Gasteiger partial charge is 0.395 e. The summed E-state index contributed by atoms with van der Waals surface area (Å²) in [4.78, 5) is 16.6. The van der Waals surface area contributed by atoms with Gasteiger partial charge in [0.05, 0.1) is 13.2 Å². The average molecular weight is 288 g/mol. The number of carbonyl (C=O) groups excluding carboxylic acids is 1. The van der Waals surface area contributed by atoms with Crippen molar-refractivity contribution in [3.05, 3.63) is 35.4 Å². The fourth-order valence-electron chi connectivity index (χ4n) is 3.56. The van der Waals surface area contributed by atoms with Gasteiger partial charge in [-0.05, 0) is 36.4 Å². The Kier molecular flexibility index (Phi) is 4.27. The van der Waals surface area contributed by atoms with Crippen molar-refractivity contribution >= 4 is 5.91 Å². The molecular formula is C17H24N2O2. The number of likely N-dealkylation sites (tertiary alicyclic amines) is 1. The maximum Gasteiger partial charge on any atom is 0.237 e. The van der Waals surface area contributed by atoms with Crippen LogP contribution >= 0.6 is 0 Å². The van der Waals surface area contributed by atoms with E-state index >= 15 is 0 Å². The Labute approximate surface area is 126 Å². The first-order valence-electron chi connectivity index (χ1n) is 7.88. The van der Waals surface area contributed by atoms with Crippen molar-refractivity contribution in [3.8, 4) is 0 Å². The van der Waals surface area contributed by atoms with Crippen molar-refractivity contribution in [2.24, 2.45) is 5.92 Å². The lowest BCUT2D eigenvalue weighted by molar-refractivity contribution is -0.133. The van der Waals surface area contributed by atoms with Gasteiger partial charge in [0.25, 0.3) is 0 Å². The second kappa shape index (κ2) is 6.16. The Hall–Kier alpha value is -1.39. The van der Waals surface area contributed by atoms with Crippen LogP contribution in [0.4, 0.5) is 0 Å². The quantitative estimate of drug-likeness (QED) is 0.911. The van der Waals surface area contributed by atoms with Gasteiger partial charge < -0.3 is 10.0 Å². The summed E-state index contributed by atoms with van der Waals surface area (Å²) in [5, 5.41) is 9.49. The molecule has 2 aliphatic heterocycles. The van der Waals surface area contributed by atoms with Gasteiger partial charge in [-0.3, -0.25) is 9.69 Å². The molecule has 4 nitrogen and oxygen atoms in total. The maximum absolute atomic E-state index is 12.5. The van der Waals surface area contributed by atoms with E-state index in [1.807, 2.05) is 11.0 Å². The van der Waals surface area contributed by atoms with Crippen LogP contribution < -0.4 is 0 Å². The molecule has 2 aliphatic rings. The van der Waals surface area contributed by atoms with Crippen LogP contribution in [0.5, 0.6) is 0 Å². The number of aliphatic hydroxyl groups is 1. The first-order chi connectivity index (χ1) is 10.2. The minimum atomic E-state index is 0.144. The molecular weight excluding hydrogens is 264 g/mol. The molecule has 0 spiro atoms. The van der Waals surface area contributed by atoms with Gasteiger partial charge in [0.1, 0.15) is 0 Å². The molecule has 2 atom stereocenters. The topological polar surface area (TPSA) is 43.8 Å². The summed E-state index contributed by atoms with van der Waals surface area (Å²) in [6.45, 7) is 5.20. The van der Waals surface area contributed by atoms with E-state index in [0.29, 0.717) is 12.5 Å². The summed E-state index contributed by atoms with van der Waals surface area (Å²) in [6.07, 6.45) is 2.02. The molecule has 2 unspecified atom stereocenters. The minimum Gasteiger partial charge on any atom is -0.395 e. The van der Waals surface area contributed by atoms with Crippen molar-refractivity contribution in [1.82, 2.24) is 9.80 Å². The Morgan fingerprint density at radius 2 is 2.05 bits per heavy atom. The van der Waals surface area contributed by atoms with Gasteiger partial charge >= 0.3 is 0 Å². The molecule has 1 fully saturated rings. The zero-order valence-corrected chi connectivity index (χ0v) is 12.7. The van der Waals surface area contributed by atoms with Crippen molar-refractivity contribution < 1.29 is 9.90 Å². The lowest BCUT2D eigenvalue weighted by atomic mass is 10.00. The van der Waals surface area contributed by atoms with E-state index in [1.54, 1.807) is 0 Å². The standard InChI is InChI=1S/C17H24N2O2/c1-13-6-8-18(16(13)12-20)11-17(21)19-9-7-14-4-2-3-5-15(14)10-19/h2-5,13,16,20H,6-12H2,1H3. The van der Waals surface area contributed by atoms with Gasteiger partial charge in [0.2, 0.25) is 5.91 Å². The molecule has 0 radical (unpaired) electrons. The Bertz CT molecular complexity index is 517. The van der Waals surface area contributed by atoms with Gasteiger partial charge in [0, 0.05) is 19.1 Å². The number of rotatable bonds is 3. The van der Waals surface area contributed by atoms with Crippen LogP contribution in [0, 0.1) is 5.92 Å². The molecule has 0 bridgehead atoms. The summed E-state index contributed by atoms with van der Waals surface area (Å²) in [5.41, 5.74) is 2.63. The van der Waals surface area contributed by atoms with E-state index in [0.717, 1.165) is 32.5 Å². The van der Waals surface area contributed by atoms with E-state index in [-0.39, 0.29) is 18.6 Å². The number of hydrogen-bond acceptors (Lipinski definition) is 3. The van der Waals surface area contributed by atoms with Crippen molar-refractivity contribution in [2.45, 2.75) is 32.4 Å². The predicted molar refractivity (Wildman–Crippen MR) is 81.8 cm³/mol. The molecule has 1 amide bonds. The Balaban J connectivity index is 1.62. The van der Waals surface area contributed by atoms with Crippen LogP contribution in [0.2, 0.25) is 0 Å². The Morgan fingerprint density at radius 1 is 1.29 bits per heavy atom. The highest BCUT2D eigenvalue weighted by molar-refractivity contribution is 5.78. The highest BCUT2D eigenvalue weighted by atomic mass is 16.3. The minimum absolute atomic E-state index is 0.144. The van der Waals surface area contributed by atoms with Crippen LogP contribution in [0.3, 0.4) is 0 Å². The van der Waals surface area contributed by atoms with E-state index in [2.05, 4.69) is 30.0 Å². The normalized spacial score (nSPS) is 25.9. The fraction of sp³-hybridized carbons (Fsp3) is 0.588. The smallest absolute Gasteiger partial charge is 0.237 e. The molecule has 21 heavy (non-hydrogen) atoms. The van der Waals surface area contributed by atoms with Crippen molar-refractivity contribution in [1.29, 1.82) is 0 Å². The Morgan fingerprint density at radius 3 is 2.81 bits per heavy atom. The molecule has 1 saturated heterocycles. The second-order valence-corrected chi connectivity index (χ2v) is 6.32. The molecule has 1 N–H and O–H groups in total. The van der Waals surface area contributed by atoms with E-state index in [1.165, 1.54) is 11.1 Å². The SMILES string of the molecule is CC1CCN(CC(=O)N2CCc3ccccc3C2)C1CO.